The Balaban J connectivity index is 2.15. The molecule has 0 saturated heterocycles. The highest BCUT2D eigenvalue weighted by molar-refractivity contribution is 6.30. The number of carboxylic acid groups (broad SMARTS) is 1. The van der Waals surface area contributed by atoms with Gasteiger partial charge in [0.05, 0.1) is 0 Å². The van der Waals surface area contributed by atoms with Crippen molar-refractivity contribution in [2.45, 2.75) is 32.1 Å². The Bertz CT molecular complexity index is 306. The van der Waals surface area contributed by atoms with E-state index in [2.05, 4.69) is 0 Å². The first-order valence-corrected chi connectivity index (χ1v) is 5.52. The Morgan fingerprint density at radius 3 is 2.40 bits per heavy atom. The van der Waals surface area contributed by atoms with E-state index in [9.17, 15) is 4.79 Å². The second-order valence-corrected chi connectivity index (χ2v) is 4.02. The van der Waals surface area contributed by atoms with Crippen LogP contribution in [0.25, 0.3) is 0 Å². The maximum absolute atomic E-state index is 10.3. The fourth-order valence-corrected chi connectivity index (χ4v) is 1.56. The summed E-state index contributed by atoms with van der Waals surface area (Å²) in [7, 11) is 0. The zero-order chi connectivity index (χ0) is 11.1. The van der Waals surface area contributed by atoms with E-state index in [1.54, 1.807) is 0 Å². The summed E-state index contributed by atoms with van der Waals surface area (Å²) >= 11 is 5.77. The van der Waals surface area contributed by atoms with Crippen molar-refractivity contribution < 1.29 is 9.90 Å². The molecule has 0 fully saturated rings. The molecular formula is C12H15ClO2. The van der Waals surface area contributed by atoms with E-state index in [1.165, 1.54) is 5.56 Å². The van der Waals surface area contributed by atoms with Crippen LogP contribution in [0.15, 0.2) is 24.3 Å². The molecule has 1 aromatic rings. The molecule has 0 amide bonds. The molecule has 0 radical (unpaired) electrons. The van der Waals surface area contributed by atoms with Gasteiger partial charge in [-0.05, 0) is 37.0 Å². The first-order chi connectivity index (χ1) is 7.18. The van der Waals surface area contributed by atoms with Crippen molar-refractivity contribution in [3.63, 3.8) is 0 Å². The SMILES string of the molecule is O=C(O)CCCCCc1ccc(Cl)cc1. The molecule has 0 aliphatic rings. The summed E-state index contributed by atoms with van der Waals surface area (Å²) in [6.45, 7) is 0. The standard InChI is InChI=1S/C12H15ClO2/c13-11-8-6-10(7-9-11)4-2-1-3-5-12(14)15/h6-9H,1-5H2,(H,14,15). The van der Waals surface area contributed by atoms with Crippen molar-refractivity contribution in [3.05, 3.63) is 34.9 Å². The Kier molecular flexibility index (Phi) is 5.19. The number of hydrogen-bond donors (Lipinski definition) is 1. The molecule has 0 aromatic heterocycles. The second kappa shape index (κ2) is 6.46. The predicted molar refractivity (Wildman–Crippen MR) is 61.3 cm³/mol. The number of unbranched alkanes of at least 4 members (excludes halogenated alkanes) is 2. The lowest BCUT2D eigenvalue weighted by atomic mass is 10.1. The van der Waals surface area contributed by atoms with Gasteiger partial charge in [0.25, 0.3) is 0 Å². The summed E-state index contributed by atoms with van der Waals surface area (Å²) in [4.78, 5) is 10.3. The molecule has 15 heavy (non-hydrogen) atoms. The lowest BCUT2D eigenvalue weighted by molar-refractivity contribution is -0.137. The Morgan fingerprint density at radius 1 is 1.13 bits per heavy atom. The van der Waals surface area contributed by atoms with Crippen LogP contribution in [0.2, 0.25) is 5.02 Å². The van der Waals surface area contributed by atoms with E-state index in [0.29, 0.717) is 0 Å². The van der Waals surface area contributed by atoms with Crippen molar-refractivity contribution in [3.8, 4) is 0 Å². The number of carbonyl (C=O) groups is 1. The van der Waals surface area contributed by atoms with Crippen LogP contribution in [0.4, 0.5) is 0 Å². The molecule has 2 nitrogen and oxygen atoms in total. The lowest BCUT2D eigenvalue weighted by Gasteiger charge is -2.00. The van der Waals surface area contributed by atoms with E-state index in [-0.39, 0.29) is 6.42 Å². The summed E-state index contributed by atoms with van der Waals surface area (Å²) in [5.41, 5.74) is 1.26. The third-order valence-corrected chi connectivity index (χ3v) is 2.52. The molecule has 0 heterocycles. The molecule has 0 unspecified atom stereocenters. The van der Waals surface area contributed by atoms with Gasteiger partial charge in [-0.3, -0.25) is 4.79 Å². The van der Waals surface area contributed by atoms with Gasteiger partial charge in [0.1, 0.15) is 0 Å². The smallest absolute Gasteiger partial charge is 0.303 e. The van der Waals surface area contributed by atoms with Crippen LogP contribution < -0.4 is 0 Å². The van der Waals surface area contributed by atoms with Gasteiger partial charge in [-0.15, -0.1) is 0 Å². The van der Waals surface area contributed by atoms with E-state index in [1.807, 2.05) is 24.3 Å². The quantitative estimate of drug-likeness (QED) is 0.754. The Labute approximate surface area is 94.9 Å². The monoisotopic (exact) mass is 226 g/mol. The zero-order valence-corrected chi connectivity index (χ0v) is 9.33. The van der Waals surface area contributed by atoms with Gasteiger partial charge < -0.3 is 5.11 Å². The Hall–Kier alpha value is -1.02. The van der Waals surface area contributed by atoms with Gasteiger partial charge in [0.15, 0.2) is 0 Å². The van der Waals surface area contributed by atoms with Crippen molar-refractivity contribution in [1.82, 2.24) is 0 Å². The highest BCUT2D eigenvalue weighted by atomic mass is 35.5. The molecule has 0 atom stereocenters. The van der Waals surface area contributed by atoms with Gasteiger partial charge in [0, 0.05) is 11.4 Å². The van der Waals surface area contributed by atoms with E-state index in [0.717, 1.165) is 30.7 Å². The number of aliphatic carboxylic acids is 1. The third kappa shape index (κ3) is 5.43. The van der Waals surface area contributed by atoms with Gasteiger partial charge in [0.2, 0.25) is 0 Å². The summed E-state index contributed by atoms with van der Waals surface area (Å²) in [6, 6.07) is 7.79. The minimum absolute atomic E-state index is 0.278. The zero-order valence-electron chi connectivity index (χ0n) is 8.58. The molecule has 3 heteroatoms. The van der Waals surface area contributed by atoms with Crippen molar-refractivity contribution >= 4 is 17.6 Å². The number of hydrogen-bond acceptors (Lipinski definition) is 1. The summed E-state index contributed by atoms with van der Waals surface area (Å²) in [6.07, 6.45) is 4.05. The van der Waals surface area contributed by atoms with Gasteiger partial charge in [-0.2, -0.15) is 0 Å². The Morgan fingerprint density at radius 2 is 1.80 bits per heavy atom. The maximum Gasteiger partial charge on any atom is 0.303 e. The average molecular weight is 227 g/mol. The van der Waals surface area contributed by atoms with Gasteiger partial charge in [-0.1, -0.05) is 30.2 Å². The van der Waals surface area contributed by atoms with Crippen LogP contribution in [0.1, 0.15) is 31.2 Å². The number of halogens is 1. The lowest BCUT2D eigenvalue weighted by Crippen LogP contribution is -1.94. The van der Waals surface area contributed by atoms with Crippen LogP contribution in [-0.4, -0.2) is 11.1 Å². The van der Waals surface area contributed by atoms with Crippen LogP contribution in [0.5, 0.6) is 0 Å². The van der Waals surface area contributed by atoms with Crippen LogP contribution in [0.3, 0.4) is 0 Å². The summed E-state index contributed by atoms with van der Waals surface area (Å²) < 4.78 is 0. The molecule has 0 bridgehead atoms. The first kappa shape index (κ1) is 12.1. The van der Waals surface area contributed by atoms with E-state index >= 15 is 0 Å². The van der Waals surface area contributed by atoms with E-state index in [4.69, 9.17) is 16.7 Å². The van der Waals surface area contributed by atoms with Crippen molar-refractivity contribution in [1.29, 1.82) is 0 Å². The van der Waals surface area contributed by atoms with Gasteiger partial charge >= 0.3 is 5.97 Å². The number of carboxylic acids is 1. The average Bonchev–Trinajstić information content (AvgIpc) is 2.20. The van der Waals surface area contributed by atoms with Crippen molar-refractivity contribution in [2.24, 2.45) is 0 Å². The molecule has 82 valence electrons. The van der Waals surface area contributed by atoms with E-state index < -0.39 is 5.97 Å². The molecule has 0 saturated carbocycles. The summed E-state index contributed by atoms with van der Waals surface area (Å²) in [5, 5.41) is 9.20. The maximum atomic E-state index is 10.3. The molecule has 1 N–H and O–H groups in total. The molecular weight excluding hydrogens is 212 g/mol. The van der Waals surface area contributed by atoms with Crippen LogP contribution in [-0.2, 0) is 11.2 Å². The molecule has 0 spiro atoms. The fourth-order valence-electron chi connectivity index (χ4n) is 1.43. The largest absolute Gasteiger partial charge is 0.481 e. The highest BCUT2D eigenvalue weighted by Crippen LogP contribution is 2.12. The van der Waals surface area contributed by atoms with Gasteiger partial charge in [-0.25, -0.2) is 0 Å². The predicted octanol–water partition coefficient (Wildman–Crippen LogP) is 3.53. The number of rotatable bonds is 6. The molecule has 1 rings (SSSR count). The minimum atomic E-state index is -0.707. The van der Waals surface area contributed by atoms with Crippen molar-refractivity contribution in [2.75, 3.05) is 0 Å². The minimum Gasteiger partial charge on any atom is -0.481 e. The van der Waals surface area contributed by atoms with Crippen LogP contribution >= 0.6 is 11.6 Å². The summed E-state index contributed by atoms with van der Waals surface area (Å²) in [5.74, 6) is -0.707. The number of benzene rings is 1. The molecule has 1 aromatic carbocycles. The topological polar surface area (TPSA) is 37.3 Å². The highest BCUT2D eigenvalue weighted by Gasteiger charge is 1.97. The van der Waals surface area contributed by atoms with Crippen LogP contribution in [0, 0.1) is 0 Å². The third-order valence-electron chi connectivity index (χ3n) is 2.27. The molecule has 0 aliphatic heterocycles. The fraction of sp³-hybridized carbons (Fsp3) is 0.417. The normalized spacial score (nSPS) is 10.2. The number of aryl methyl sites for hydroxylation is 1. The first-order valence-electron chi connectivity index (χ1n) is 5.15. The molecule has 0 aliphatic carbocycles. The second-order valence-electron chi connectivity index (χ2n) is 3.58.